The van der Waals surface area contributed by atoms with E-state index in [1.54, 1.807) is 7.11 Å². The Hall–Kier alpha value is -0.630. The second-order valence-corrected chi connectivity index (χ2v) is 2.86. The van der Waals surface area contributed by atoms with E-state index in [0.29, 0.717) is 0 Å². The van der Waals surface area contributed by atoms with E-state index in [-0.39, 0.29) is 18.3 Å². The molecule has 0 radical (unpaired) electrons. The van der Waals surface area contributed by atoms with Gasteiger partial charge in [0.25, 0.3) is 0 Å². The first-order valence-corrected chi connectivity index (χ1v) is 4.03. The number of ketones is 1. The lowest BCUT2D eigenvalue weighted by atomic mass is 9.92. The van der Waals surface area contributed by atoms with Crippen molar-refractivity contribution in [3.8, 4) is 0 Å². The van der Waals surface area contributed by atoms with E-state index in [1.165, 1.54) is 0 Å². The highest BCUT2D eigenvalue weighted by Crippen LogP contribution is 2.17. The number of Topliss-reactive ketones (excluding diaryl/α,β-unsaturated/α-hetero) is 1. The van der Waals surface area contributed by atoms with Crippen molar-refractivity contribution in [1.29, 1.82) is 0 Å². The van der Waals surface area contributed by atoms with Gasteiger partial charge in [-0.25, -0.2) is 0 Å². The zero-order valence-electron chi connectivity index (χ0n) is 6.88. The van der Waals surface area contributed by atoms with Gasteiger partial charge in [0.05, 0.1) is 0 Å². The van der Waals surface area contributed by atoms with Gasteiger partial charge in [-0.15, -0.1) is 0 Å². The normalized spacial score (nSPS) is 23.5. The third-order valence-electron chi connectivity index (χ3n) is 1.95. The van der Waals surface area contributed by atoms with Crippen molar-refractivity contribution in [1.82, 2.24) is 0 Å². The van der Waals surface area contributed by atoms with E-state index < -0.39 is 0 Å². The molecule has 2 nitrogen and oxygen atoms in total. The minimum absolute atomic E-state index is 0.128. The summed E-state index contributed by atoms with van der Waals surface area (Å²) in [7, 11) is 1.56. The van der Waals surface area contributed by atoms with Gasteiger partial charge in [-0.2, -0.15) is 0 Å². The quantitative estimate of drug-likeness (QED) is 0.576. The molecule has 0 fully saturated rings. The topological polar surface area (TPSA) is 26.3 Å². The second-order valence-electron chi connectivity index (χ2n) is 2.86. The summed E-state index contributed by atoms with van der Waals surface area (Å²) < 4.78 is 4.77. The highest BCUT2D eigenvalue weighted by molar-refractivity contribution is 5.83. The van der Waals surface area contributed by atoms with Gasteiger partial charge in [0, 0.05) is 13.0 Å². The van der Waals surface area contributed by atoms with E-state index >= 15 is 0 Å². The summed E-state index contributed by atoms with van der Waals surface area (Å²) in [6, 6.07) is 0. The molecule has 0 heterocycles. The molecule has 62 valence electrons. The predicted octanol–water partition coefficient (Wildman–Crippen LogP) is 1.56. The molecule has 0 aromatic rings. The van der Waals surface area contributed by atoms with Crippen LogP contribution in [0.25, 0.3) is 0 Å². The maximum atomic E-state index is 11.2. The minimum Gasteiger partial charge on any atom is -0.377 e. The van der Waals surface area contributed by atoms with Crippen LogP contribution in [-0.2, 0) is 9.53 Å². The standard InChI is InChI=1S/C9H14O2/c1-11-7-9(10)8-5-3-2-4-6-8/h3,5,8H,2,4,6-7H2,1H3. The Morgan fingerprint density at radius 1 is 1.73 bits per heavy atom. The van der Waals surface area contributed by atoms with Gasteiger partial charge in [0.1, 0.15) is 6.61 Å². The molecule has 0 amide bonds. The molecule has 0 aliphatic heterocycles. The van der Waals surface area contributed by atoms with E-state index in [1.807, 2.05) is 6.08 Å². The Morgan fingerprint density at radius 3 is 3.09 bits per heavy atom. The Bertz CT molecular complexity index is 161. The van der Waals surface area contributed by atoms with Crippen LogP contribution in [0.3, 0.4) is 0 Å². The number of rotatable bonds is 3. The molecule has 0 N–H and O–H groups in total. The van der Waals surface area contributed by atoms with Crippen molar-refractivity contribution in [2.75, 3.05) is 13.7 Å². The van der Waals surface area contributed by atoms with Gasteiger partial charge in [-0.1, -0.05) is 12.2 Å². The fraction of sp³-hybridized carbons (Fsp3) is 0.667. The molecule has 1 aliphatic carbocycles. The first-order valence-electron chi connectivity index (χ1n) is 4.03. The summed E-state index contributed by atoms with van der Waals surface area (Å²) in [5.74, 6) is 0.340. The molecule has 1 atom stereocenters. The van der Waals surface area contributed by atoms with E-state index in [9.17, 15) is 4.79 Å². The van der Waals surface area contributed by atoms with Crippen molar-refractivity contribution < 1.29 is 9.53 Å². The molecule has 0 spiro atoms. The van der Waals surface area contributed by atoms with Crippen LogP contribution in [0, 0.1) is 5.92 Å². The van der Waals surface area contributed by atoms with Crippen LogP contribution in [0.5, 0.6) is 0 Å². The third kappa shape index (κ3) is 2.46. The number of hydrogen-bond donors (Lipinski definition) is 0. The number of ether oxygens (including phenoxy) is 1. The van der Waals surface area contributed by atoms with Crippen molar-refractivity contribution in [2.24, 2.45) is 5.92 Å². The van der Waals surface area contributed by atoms with E-state index in [2.05, 4.69) is 6.08 Å². The number of allylic oxidation sites excluding steroid dienone is 2. The molecule has 0 aromatic heterocycles. The molecule has 2 heteroatoms. The van der Waals surface area contributed by atoms with Crippen LogP contribution in [0.2, 0.25) is 0 Å². The lowest BCUT2D eigenvalue weighted by Gasteiger charge is -2.13. The highest BCUT2D eigenvalue weighted by Gasteiger charge is 2.16. The van der Waals surface area contributed by atoms with Gasteiger partial charge >= 0.3 is 0 Å². The van der Waals surface area contributed by atoms with Crippen molar-refractivity contribution in [2.45, 2.75) is 19.3 Å². The van der Waals surface area contributed by atoms with Crippen LogP contribution in [0.1, 0.15) is 19.3 Å². The molecule has 0 aromatic carbocycles. The Balaban J connectivity index is 2.39. The number of carbonyl (C=O) groups excluding carboxylic acids is 1. The van der Waals surface area contributed by atoms with Gasteiger partial charge in [-0.3, -0.25) is 4.79 Å². The van der Waals surface area contributed by atoms with Gasteiger partial charge in [0.2, 0.25) is 0 Å². The summed E-state index contributed by atoms with van der Waals surface area (Å²) in [5.41, 5.74) is 0. The van der Waals surface area contributed by atoms with Crippen LogP contribution >= 0.6 is 0 Å². The number of carbonyl (C=O) groups is 1. The molecule has 1 rings (SSSR count). The Kier molecular flexibility index (Phi) is 3.30. The summed E-state index contributed by atoms with van der Waals surface area (Å²) >= 11 is 0. The summed E-state index contributed by atoms with van der Waals surface area (Å²) in [5, 5.41) is 0. The zero-order valence-corrected chi connectivity index (χ0v) is 6.88. The SMILES string of the molecule is COCC(=O)C1C=CCCC1. The average molecular weight is 154 g/mol. The van der Waals surface area contributed by atoms with Crippen molar-refractivity contribution in [3.05, 3.63) is 12.2 Å². The second kappa shape index (κ2) is 4.29. The molecule has 0 saturated carbocycles. The summed E-state index contributed by atoms with van der Waals surface area (Å²) in [6.45, 7) is 0.259. The number of hydrogen-bond acceptors (Lipinski definition) is 2. The number of methoxy groups -OCH3 is 1. The van der Waals surface area contributed by atoms with Gasteiger partial charge in [-0.05, 0) is 19.3 Å². The molecule has 1 aliphatic rings. The Morgan fingerprint density at radius 2 is 2.55 bits per heavy atom. The smallest absolute Gasteiger partial charge is 0.165 e. The van der Waals surface area contributed by atoms with Crippen molar-refractivity contribution >= 4 is 5.78 Å². The molecular weight excluding hydrogens is 140 g/mol. The van der Waals surface area contributed by atoms with Gasteiger partial charge in [0.15, 0.2) is 5.78 Å². The lowest BCUT2D eigenvalue weighted by molar-refractivity contribution is -0.125. The highest BCUT2D eigenvalue weighted by atomic mass is 16.5. The van der Waals surface area contributed by atoms with Crippen LogP contribution in [0.4, 0.5) is 0 Å². The van der Waals surface area contributed by atoms with Crippen LogP contribution in [-0.4, -0.2) is 19.5 Å². The average Bonchev–Trinajstić information content (AvgIpc) is 2.07. The maximum absolute atomic E-state index is 11.2. The molecule has 0 saturated heterocycles. The molecular formula is C9H14O2. The summed E-state index contributed by atoms with van der Waals surface area (Å²) in [6.07, 6.45) is 7.35. The predicted molar refractivity (Wildman–Crippen MR) is 43.4 cm³/mol. The first-order chi connectivity index (χ1) is 5.34. The minimum atomic E-state index is 0.128. The fourth-order valence-corrected chi connectivity index (χ4v) is 1.33. The summed E-state index contributed by atoms with van der Waals surface area (Å²) in [4.78, 5) is 11.2. The van der Waals surface area contributed by atoms with Gasteiger partial charge < -0.3 is 4.74 Å². The fourth-order valence-electron chi connectivity index (χ4n) is 1.33. The van der Waals surface area contributed by atoms with E-state index in [0.717, 1.165) is 19.3 Å². The monoisotopic (exact) mass is 154 g/mol. The lowest BCUT2D eigenvalue weighted by Crippen LogP contribution is -2.18. The first kappa shape index (κ1) is 8.47. The van der Waals surface area contributed by atoms with Crippen molar-refractivity contribution in [3.63, 3.8) is 0 Å². The maximum Gasteiger partial charge on any atom is 0.165 e. The third-order valence-corrected chi connectivity index (χ3v) is 1.95. The van der Waals surface area contributed by atoms with Crippen LogP contribution in [0.15, 0.2) is 12.2 Å². The largest absolute Gasteiger partial charge is 0.377 e. The zero-order chi connectivity index (χ0) is 8.10. The Labute approximate surface area is 67.2 Å². The van der Waals surface area contributed by atoms with E-state index in [4.69, 9.17) is 4.74 Å². The molecule has 1 unspecified atom stereocenters. The van der Waals surface area contributed by atoms with Crippen LogP contribution < -0.4 is 0 Å². The molecule has 0 bridgehead atoms. The molecule has 11 heavy (non-hydrogen) atoms.